The van der Waals surface area contributed by atoms with E-state index in [4.69, 9.17) is 23.2 Å². The maximum Gasteiger partial charge on any atom is 0.253 e. The number of halogens is 2. The topological polar surface area (TPSA) is 20.3 Å². The summed E-state index contributed by atoms with van der Waals surface area (Å²) in [4.78, 5) is 13.7. The van der Waals surface area contributed by atoms with Gasteiger partial charge < -0.3 is 4.90 Å². The second-order valence-electron chi connectivity index (χ2n) is 4.24. The summed E-state index contributed by atoms with van der Waals surface area (Å²) in [5.74, 6) is 0.377. The van der Waals surface area contributed by atoms with Crippen LogP contribution in [0.15, 0.2) is 18.2 Å². The lowest BCUT2D eigenvalue weighted by Crippen LogP contribution is -2.30. The van der Waals surface area contributed by atoms with Crippen LogP contribution in [0.1, 0.15) is 24.2 Å². The molecule has 0 heterocycles. The summed E-state index contributed by atoms with van der Waals surface area (Å²) in [6.07, 6.45) is 0. The van der Waals surface area contributed by atoms with Crippen molar-refractivity contribution in [2.45, 2.75) is 13.8 Å². The van der Waals surface area contributed by atoms with E-state index in [9.17, 15) is 4.79 Å². The fourth-order valence-electron chi connectivity index (χ4n) is 1.53. The molecule has 0 spiro atoms. The summed E-state index contributed by atoms with van der Waals surface area (Å²) in [5, 5.41) is 0.961. The average Bonchev–Trinajstić information content (AvgIpc) is 2.13. The minimum absolute atomic E-state index is 0.0573. The summed E-state index contributed by atoms with van der Waals surface area (Å²) in [6, 6.07) is 4.88. The van der Waals surface area contributed by atoms with E-state index in [1.54, 1.807) is 30.1 Å². The molecule has 0 unspecified atom stereocenters. The van der Waals surface area contributed by atoms with Crippen LogP contribution in [0.2, 0.25) is 10.0 Å². The molecule has 2 nitrogen and oxygen atoms in total. The van der Waals surface area contributed by atoms with Gasteiger partial charge in [0.1, 0.15) is 0 Å². The molecule has 0 bridgehead atoms. The molecule has 1 aromatic carbocycles. The molecule has 0 saturated carbocycles. The molecule has 0 N–H and O–H groups in total. The summed E-state index contributed by atoms with van der Waals surface area (Å²) >= 11 is 11.7. The highest BCUT2D eigenvalue weighted by Gasteiger charge is 2.13. The molecular formula is C12H15Cl2NO. The van der Waals surface area contributed by atoms with E-state index in [-0.39, 0.29) is 5.91 Å². The lowest BCUT2D eigenvalue weighted by molar-refractivity contribution is 0.0779. The number of hydrogen-bond donors (Lipinski definition) is 0. The molecule has 4 heteroatoms. The van der Waals surface area contributed by atoms with Gasteiger partial charge in [0.25, 0.3) is 5.91 Å². The molecule has 0 atom stereocenters. The van der Waals surface area contributed by atoms with Crippen LogP contribution < -0.4 is 0 Å². The van der Waals surface area contributed by atoms with Gasteiger partial charge >= 0.3 is 0 Å². The van der Waals surface area contributed by atoms with Gasteiger partial charge in [-0.25, -0.2) is 0 Å². The maximum atomic E-state index is 12.0. The van der Waals surface area contributed by atoms with E-state index < -0.39 is 0 Å². The van der Waals surface area contributed by atoms with Gasteiger partial charge in [-0.1, -0.05) is 37.0 Å². The monoisotopic (exact) mass is 259 g/mol. The average molecular weight is 260 g/mol. The Morgan fingerprint density at radius 1 is 1.25 bits per heavy atom. The van der Waals surface area contributed by atoms with Gasteiger partial charge in [0.15, 0.2) is 0 Å². The van der Waals surface area contributed by atoms with Crippen molar-refractivity contribution in [3.05, 3.63) is 33.8 Å². The van der Waals surface area contributed by atoms with E-state index >= 15 is 0 Å². The minimum Gasteiger partial charge on any atom is -0.341 e. The summed E-state index contributed by atoms with van der Waals surface area (Å²) in [6.45, 7) is 4.84. The highest BCUT2D eigenvalue weighted by atomic mass is 35.5. The van der Waals surface area contributed by atoms with Crippen molar-refractivity contribution >= 4 is 29.1 Å². The van der Waals surface area contributed by atoms with E-state index in [2.05, 4.69) is 13.8 Å². The predicted molar refractivity (Wildman–Crippen MR) is 68.3 cm³/mol. The highest BCUT2D eigenvalue weighted by Crippen LogP contribution is 2.20. The van der Waals surface area contributed by atoms with Gasteiger partial charge in [-0.2, -0.15) is 0 Å². The second kappa shape index (κ2) is 5.55. The second-order valence-corrected chi connectivity index (χ2v) is 5.11. The molecule has 0 fully saturated rings. The quantitative estimate of drug-likeness (QED) is 0.811. The Labute approximate surface area is 106 Å². The van der Waals surface area contributed by atoms with Crippen LogP contribution in [0.5, 0.6) is 0 Å². The molecule has 0 radical (unpaired) electrons. The van der Waals surface area contributed by atoms with Gasteiger partial charge in [0, 0.05) is 29.2 Å². The number of carbonyl (C=O) groups excluding carboxylic acids is 1. The molecule has 0 aliphatic heterocycles. The van der Waals surface area contributed by atoms with Crippen molar-refractivity contribution in [2.75, 3.05) is 13.6 Å². The van der Waals surface area contributed by atoms with Crippen molar-refractivity contribution in [1.29, 1.82) is 0 Å². The molecule has 1 aromatic rings. The van der Waals surface area contributed by atoms with Gasteiger partial charge in [0.05, 0.1) is 0 Å². The summed E-state index contributed by atoms with van der Waals surface area (Å²) in [7, 11) is 1.77. The molecule has 1 rings (SSSR count). The Hall–Kier alpha value is -0.730. The van der Waals surface area contributed by atoms with Gasteiger partial charge in [-0.05, 0) is 24.1 Å². The SMILES string of the molecule is CC(C)CN(C)C(=O)c1cc(Cl)cc(Cl)c1. The number of carbonyl (C=O) groups is 1. The third-order valence-corrected chi connectivity index (χ3v) is 2.53. The predicted octanol–water partition coefficient (Wildman–Crippen LogP) is 3.72. The summed E-state index contributed by atoms with van der Waals surface area (Å²) < 4.78 is 0. The molecule has 0 saturated heterocycles. The molecule has 16 heavy (non-hydrogen) atoms. The van der Waals surface area contributed by atoms with Crippen molar-refractivity contribution < 1.29 is 4.79 Å². The lowest BCUT2D eigenvalue weighted by Gasteiger charge is -2.19. The number of nitrogens with zero attached hydrogens (tertiary/aromatic N) is 1. The number of rotatable bonds is 3. The minimum atomic E-state index is -0.0573. The zero-order valence-electron chi connectivity index (χ0n) is 9.63. The zero-order chi connectivity index (χ0) is 12.3. The summed E-state index contributed by atoms with van der Waals surface area (Å²) in [5.41, 5.74) is 0.528. The van der Waals surface area contributed by atoms with Crippen LogP contribution in [0.3, 0.4) is 0 Å². The first-order valence-electron chi connectivity index (χ1n) is 5.11. The van der Waals surface area contributed by atoms with E-state index in [0.717, 1.165) is 0 Å². The first-order valence-corrected chi connectivity index (χ1v) is 5.87. The van der Waals surface area contributed by atoms with Crippen LogP contribution in [-0.4, -0.2) is 24.4 Å². The fraction of sp³-hybridized carbons (Fsp3) is 0.417. The third kappa shape index (κ3) is 3.69. The Kier molecular flexibility index (Phi) is 4.63. The Balaban J connectivity index is 2.87. The van der Waals surface area contributed by atoms with Crippen LogP contribution >= 0.6 is 23.2 Å². The Morgan fingerprint density at radius 3 is 2.19 bits per heavy atom. The van der Waals surface area contributed by atoms with E-state index in [1.165, 1.54) is 0 Å². The number of benzene rings is 1. The molecule has 0 aromatic heterocycles. The zero-order valence-corrected chi connectivity index (χ0v) is 11.1. The van der Waals surface area contributed by atoms with Crippen LogP contribution in [0.4, 0.5) is 0 Å². The van der Waals surface area contributed by atoms with Crippen molar-refractivity contribution in [3.8, 4) is 0 Å². The van der Waals surface area contributed by atoms with Gasteiger partial charge in [-0.15, -0.1) is 0 Å². The Morgan fingerprint density at radius 2 is 1.75 bits per heavy atom. The molecule has 1 amide bonds. The van der Waals surface area contributed by atoms with E-state index in [1.807, 2.05) is 0 Å². The smallest absolute Gasteiger partial charge is 0.253 e. The normalized spacial score (nSPS) is 10.6. The fourth-order valence-corrected chi connectivity index (χ4v) is 2.05. The first-order chi connectivity index (χ1) is 7.40. The third-order valence-electron chi connectivity index (χ3n) is 2.10. The lowest BCUT2D eigenvalue weighted by atomic mass is 10.1. The molecule has 0 aliphatic rings. The first kappa shape index (κ1) is 13.3. The van der Waals surface area contributed by atoms with Gasteiger partial charge in [0.2, 0.25) is 0 Å². The van der Waals surface area contributed by atoms with Crippen LogP contribution in [0.25, 0.3) is 0 Å². The standard InChI is InChI=1S/C12H15Cl2NO/c1-8(2)7-15(3)12(16)9-4-10(13)6-11(14)5-9/h4-6,8H,7H2,1-3H3. The van der Waals surface area contributed by atoms with E-state index in [0.29, 0.717) is 28.1 Å². The van der Waals surface area contributed by atoms with Crippen LogP contribution in [-0.2, 0) is 0 Å². The Bertz CT molecular complexity index is 370. The van der Waals surface area contributed by atoms with Gasteiger partial charge in [-0.3, -0.25) is 4.79 Å². The maximum absolute atomic E-state index is 12.0. The van der Waals surface area contributed by atoms with Crippen molar-refractivity contribution in [1.82, 2.24) is 4.90 Å². The molecular weight excluding hydrogens is 245 g/mol. The largest absolute Gasteiger partial charge is 0.341 e. The van der Waals surface area contributed by atoms with Crippen molar-refractivity contribution in [3.63, 3.8) is 0 Å². The highest BCUT2D eigenvalue weighted by molar-refractivity contribution is 6.35. The number of amides is 1. The molecule has 88 valence electrons. The molecule has 0 aliphatic carbocycles. The van der Waals surface area contributed by atoms with Crippen molar-refractivity contribution in [2.24, 2.45) is 5.92 Å². The van der Waals surface area contributed by atoms with Crippen LogP contribution in [0, 0.1) is 5.92 Å². The number of hydrogen-bond acceptors (Lipinski definition) is 1.